The first-order valence-electron chi connectivity index (χ1n) is 9.49. The van der Waals surface area contributed by atoms with Gasteiger partial charge in [0, 0.05) is 42.5 Å². The second kappa shape index (κ2) is 8.07. The average molecular weight is 395 g/mol. The first kappa shape index (κ1) is 18.6. The van der Waals surface area contributed by atoms with Crippen molar-refractivity contribution in [3.63, 3.8) is 0 Å². The number of anilines is 2. The van der Waals surface area contributed by atoms with Crippen molar-refractivity contribution >= 4 is 23.1 Å². The van der Waals surface area contributed by atoms with Crippen LogP contribution in [0.15, 0.2) is 54.7 Å². The fourth-order valence-electron chi connectivity index (χ4n) is 3.33. The van der Waals surface area contributed by atoms with Gasteiger partial charge in [-0.25, -0.2) is 9.97 Å². The zero-order valence-electron chi connectivity index (χ0n) is 16.0. The molecule has 1 atom stereocenters. The molecule has 6 heteroatoms. The van der Waals surface area contributed by atoms with Crippen molar-refractivity contribution in [3.8, 4) is 11.5 Å². The summed E-state index contributed by atoms with van der Waals surface area (Å²) in [6, 6.07) is 15.5. The first-order valence-corrected chi connectivity index (χ1v) is 9.87. The van der Waals surface area contributed by atoms with Gasteiger partial charge >= 0.3 is 0 Å². The Bertz CT molecular complexity index is 944. The van der Waals surface area contributed by atoms with Crippen LogP contribution in [-0.2, 0) is 6.42 Å². The SMILES string of the molecule is CCc1ncc2c(n1)N(C)CCC2Nc1ccc(Oc2ccc(Cl)cc2)cc1. The standard InChI is InChI=1S/C22H23ClN4O/c1-3-21-24-14-19-20(12-13-27(2)22(19)26-21)25-16-6-10-18(11-7-16)28-17-8-4-15(23)5-9-17/h4-11,14,20,25H,3,12-13H2,1-2H3. The minimum absolute atomic E-state index is 0.195. The van der Waals surface area contributed by atoms with Crippen LogP contribution in [0.5, 0.6) is 11.5 Å². The number of aryl methyl sites for hydroxylation is 1. The van der Waals surface area contributed by atoms with Crippen molar-refractivity contribution in [2.45, 2.75) is 25.8 Å². The van der Waals surface area contributed by atoms with Crippen LogP contribution in [0.25, 0.3) is 0 Å². The van der Waals surface area contributed by atoms with Gasteiger partial charge in [0.15, 0.2) is 0 Å². The molecule has 4 rings (SSSR count). The highest BCUT2D eigenvalue weighted by Gasteiger charge is 2.25. The molecule has 1 aliphatic heterocycles. The van der Waals surface area contributed by atoms with Gasteiger partial charge in [0.25, 0.3) is 0 Å². The van der Waals surface area contributed by atoms with Crippen molar-refractivity contribution in [3.05, 3.63) is 71.1 Å². The summed E-state index contributed by atoms with van der Waals surface area (Å²) in [6.45, 7) is 3.04. The topological polar surface area (TPSA) is 50.3 Å². The van der Waals surface area contributed by atoms with E-state index in [2.05, 4.69) is 29.2 Å². The Balaban J connectivity index is 1.47. The molecule has 0 bridgehead atoms. The van der Waals surface area contributed by atoms with E-state index in [0.717, 1.165) is 53.8 Å². The van der Waals surface area contributed by atoms with Crippen LogP contribution >= 0.6 is 11.6 Å². The predicted molar refractivity (Wildman–Crippen MR) is 114 cm³/mol. The van der Waals surface area contributed by atoms with Gasteiger partial charge in [-0.3, -0.25) is 0 Å². The molecule has 144 valence electrons. The molecule has 2 heterocycles. The Kier molecular flexibility index (Phi) is 5.35. The quantitative estimate of drug-likeness (QED) is 0.621. The van der Waals surface area contributed by atoms with Crippen LogP contribution in [0, 0.1) is 0 Å². The molecule has 1 aromatic heterocycles. The molecule has 2 aromatic carbocycles. The van der Waals surface area contributed by atoms with E-state index >= 15 is 0 Å². The van der Waals surface area contributed by atoms with Gasteiger partial charge < -0.3 is 15.0 Å². The number of hydrogen-bond donors (Lipinski definition) is 1. The molecule has 0 spiro atoms. The molecule has 1 N–H and O–H groups in total. The van der Waals surface area contributed by atoms with Crippen molar-refractivity contribution in [1.29, 1.82) is 0 Å². The van der Waals surface area contributed by atoms with E-state index in [9.17, 15) is 0 Å². The molecule has 5 nitrogen and oxygen atoms in total. The van der Waals surface area contributed by atoms with Gasteiger partial charge in [-0.1, -0.05) is 18.5 Å². The maximum absolute atomic E-state index is 5.91. The van der Waals surface area contributed by atoms with E-state index < -0.39 is 0 Å². The minimum atomic E-state index is 0.195. The van der Waals surface area contributed by atoms with E-state index in [4.69, 9.17) is 21.3 Å². The minimum Gasteiger partial charge on any atom is -0.457 e. The lowest BCUT2D eigenvalue weighted by Gasteiger charge is -2.33. The van der Waals surface area contributed by atoms with E-state index in [1.165, 1.54) is 0 Å². The van der Waals surface area contributed by atoms with Gasteiger partial charge in [0.2, 0.25) is 0 Å². The molecule has 0 aliphatic carbocycles. The normalized spacial score (nSPS) is 15.8. The number of halogens is 1. The number of aromatic nitrogens is 2. The van der Waals surface area contributed by atoms with Crippen LogP contribution in [-0.4, -0.2) is 23.6 Å². The lowest BCUT2D eigenvalue weighted by atomic mass is 10.0. The van der Waals surface area contributed by atoms with Crippen LogP contribution < -0.4 is 15.0 Å². The summed E-state index contributed by atoms with van der Waals surface area (Å²) in [6.07, 6.45) is 3.81. The maximum atomic E-state index is 5.91. The lowest BCUT2D eigenvalue weighted by molar-refractivity contribution is 0.482. The Morgan fingerprint density at radius 2 is 1.79 bits per heavy atom. The van der Waals surface area contributed by atoms with Gasteiger partial charge in [0.05, 0.1) is 6.04 Å². The van der Waals surface area contributed by atoms with Gasteiger partial charge in [-0.2, -0.15) is 0 Å². The number of hydrogen-bond acceptors (Lipinski definition) is 5. The average Bonchev–Trinajstić information content (AvgIpc) is 2.73. The van der Waals surface area contributed by atoms with Crippen molar-refractivity contribution in [2.75, 3.05) is 23.8 Å². The zero-order chi connectivity index (χ0) is 19.5. The molecule has 3 aromatic rings. The Labute approximate surface area is 170 Å². The summed E-state index contributed by atoms with van der Waals surface area (Å²) in [5, 5.41) is 4.31. The van der Waals surface area contributed by atoms with Gasteiger partial charge in [0.1, 0.15) is 23.1 Å². The molecule has 1 aliphatic rings. The highest BCUT2D eigenvalue weighted by Crippen LogP contribution is 2.34. The molecule has 28 heavy (non-hydrogen) atoms. The molecule has 0 fully saturated rings. The summed E-state index contributed by atoms with van der Waals surface area (Å²) in [7, 11) is 2.09. The second-order valence-electron chi connectivity index (χ2n) is 6.91. The third kappa shape index (κ3) is 4.04. The van der Waals surface area contributed by atoms with E-state index in [-0.39, 0.29) is 6.04 Å². The summed E-state index contributed by atoms with van der Waals surface area (Å²) in [5.41, 5.74) is 2.19. The lowest BCUT2D eigenvalue weighted by Crippen LogP contribution is -2.31. The van der Waals surface area contributed by atoms with E-state index in [1.807, 2.05) is 54.7 Å². The smallest absolute Gasteiger partial charge is 0.137 e. The molecular formula is C22H23ClN4O. The van der Waals surface area contributed by atoms with Crippen molar-refractivity contribution < 1.29 is 4.74 Å². The van der Waals surface area contributed by atoms with E-state index in [0.29, 0.717) is 5.02 Å². The summed E-state index contributed by atoms with van der Waals surface area (Å²) < 4.78 is 5.86. The third-order valence-electron chi connectivity index (χ3n) is 4.90. The molecule has 1 unspecified atom stereocenters. The summed E-state index contributed by atoms with van der Waals surface area (Å²) >= 11 is 5.91. The third-order valence-corrected chi connectivity index (χ3v) is 5.15. The number of benzene rings is 2. The molecule has 0 saturated carbocycles. The fourth-order valence-corrected chi connectivity index (χ4v) is 3.46. The molecule has 0 radical (unpaired) electrons. The Morgan fingerprint density at radius 1 is 1.11 bits per heavy atom. The summed E-state index contributed by atoms with van der Waals surface area (Å²) in [5.74, 6) is 3.46. The number of rotatable bonds is 5. The maximum Gasteiger partial charge on any atom is 0.137 e. The number of nitrogens with zero attached hydrogens (tertiary/aromatic N) is 3. The van der Waals surface area contributed by atoms with Crippen LogP contribution in [0.4, 0.5) is 11.5 Å². The number of ether oxygens (including phenoxy) is 1. The Morgan fingerprint density at radius 3 is 2.46 bits per heavy atom. The monoisotopic (exact) mass is 394 g/mol. The van der Waals surface area contributed by atoms with Gasteiger partial charge in [-0.15, -0.1) is 0 Å². The molecule has 0 saturated heterocycles. The summed E-state index contributed by atoms with van der Waals surface area (Å²) in [4.78, 5) is 11.4. The molecule has 0 amide bonds. The van der Waals surface area contributed by atoms with Crippen LogP contribution in [0.3, 0.4) is 0 Å². The largest absolute Gasteiger partial charge is 0.457 e. The van der Waals surface area contributed by atoms with Crippen LogP contribution in [0.1, 0.15) is 30.8 Å². The second-order valence-corrected chi connectivity index (χ2v) is 7.34. The van der Waals surface area contributed by atoms with Crippen molar-refractivity contribution in [1.82, 2.24) is 9.97 Å². The van der Waals surface area contributed by atoms with Crippen LogP contribution in [0.2, 0.25) is 5.02 Å². The predicted octanol–water partition coefficient (Wildman–Crippen LogP) is 5.48. The Hall–Kier alpha value is -2.79. The highest BCUT2D eigenvalue weighted by molar-refractivity contribution is 6.30. The van der Waals surface area contributed by atoms with Gasteiger partial charge in [-0.05, 0) is 55.0 Å². The van der Waals surface area contributed by atoms with Crippen molar-refractivity contribution in [2.24, 2.45) is 0 Å². The number of fused-ring (bicyclic) bond motifs is 1. The zero-order valence-corrected chi connectivity index (χ0v) is 16.8. The fraction of sp³-hybridized carbons (Fsp3) is 0.273. The van der Waals surface area contributed by atoms with E-state index in [1.54, 1.807) is 0 Å². The highest BCUT2D eigenvalue weighted by atomic mass is 35.5. The number of nitrogens with one attached hydrogen (secondary N) is 1. The molecular weight excluding hydrogens is 372 g/mol. The first-order chi connectivity index (χ1) is 13.6.